The van der Waals surface area contributed by atoms with Crippen molar-refractivity contribution in [2.24, 2.45) is 0 Å². The van der Waals surface area contributed by atoms with Gasteiger partial charge in [-0.15, -0.1) is 0 Å². The average molecular weight is 278 g/mol. The fraction of sp³-hybridized carbons (Fsp3) is 0.917. The first kappa shape index (κ1) is 16.3. The number of unbranched alkanes of at least 4 members (excludes halogenated alkanes) is 2. The van der Waals surface area contributed by atoms with Gasteiger partial charge in [0.05, 0.1) is 0 Å². The van der Waals surface area contributed by atoms with E-state index in [4.69, 9.17) is 9.47 Å². The van der Waals surface area contributed by atoms with Crippen molar-refractivity contribution in [3.63, 3.8) is 0 Å². The minimum atomic E-state index is -1.61. The summed E-state index contributed by atoms with van der Waals surface area (Å²) in [6, 6.07) is 0. The maximum Gasteiger partial charge on any atom is 0.305 e. The molecule has 112 valence electrons. The highest BCUT2D eigenvalue weighted by molar-refractivity contribution is 5.69. The van der Waals surface area contributed by atoms with E-state index in [1.165, 1.54) is 0 Å². The van der Waals surface area contributed by atoms with Crippen LogP contribution in [0, 0.1) is 0 Å². The van der Waals surface area contributed by atoms with E-state index in [1.54, 1.807) is 0 Å². The monoisotopic (exact) mass is 278 g/mol. The molecule has 0 saturated carbocycles. The van der Waals surface area contributed by atoms with E-state index < -0.39 is 36.7 Å². The van der Waals surface area contributed by atoms with Gasteiger partial charge in [0.2, 0.25) is 0 Å². The second-order valence-electron chi connectivity index (χ2n) is 4.68. The fourth-order valence-corrected chi connectivity index (χ4v) is 1.84. The lowest BCUT2D eigenvalue weighted by atomic mass is 9.99. The van der Waals surface area contributed by atoms with E-state index in [0.29, 0.717) is 0 Å². The molecule has 0 radical (unpaired) electrons. The number of hydrogen-bond acceptors (Lipinski definition) is 7. The van der Waals surface area contributed by atoms with Crippen LogP contribution in [0.2, 0.25) is 0 Å². The van der Waals surface area contributed by atoms with Crippen molar-refractivity contribution in [1.29, 1.82) is 0 Å². The molecule has 5 atom stereocenters. The fourth-order valence-electron chi connectivity index (χ4n) is 1.84. The van der Waals surface area contributed by atoms with Crippen LogP contribution in [0.1, 0.15) is 32.6 Å². The highest BCUT2D eigenvalue weighted by Gasteiger charge is 2.43. The maximum atomic E-state index is 11.4. The van der Waals surface area contributed by atoms with Gasteiger partial charge < -0.3 is 29.9 Å². The molecule has 1 aliphatic heterocycles. The van der Waals surface area contributed by atoms with Gasteiger partial charge in [-0.1, -0.05) is 19.8 Å². The lowest BCUT2D eigenvalue weighted by Crippen LogP contribution is -2.58. The van der Waals surface area contributed by atoms with Gasteiger partial charge in [0.15, 0.2) is 6.29 Å². The highest BCUT2D eigenvalue weighted by Crippen LogP contribution is 2.20. The molecule has 0 bridgehead atoms. The first-order chi connectivity index (χ1) is 8.97. The number of aliphatic hydroxyl groups is 4. The van der Waals surface area contributed by atoms with Crippen molar-refractivity contribution < 1.29 is 34.7 Å². The molecule has 0 spiro atoms. The molecule has 1 rings (SSSR count). The quantitative estimate of drug-likeness (QED) is 0.360. The zero-order valence-corrected chi connectivity index (χ0v) is 10.9. The lowest BCUT2D eigenvalue weighted by molar-refractivity contribution is -0.287. The summed E-state index contributed by atoms with van der Waals surface area (Å²) in [5, 5.41) is 37.6. The Kier molecular flexibility index (Phi) is 6.67. The molecule has 0 amide bonds. The van der Waals surface area contributed by atoms with E-state index in [0.717, 1.165) is 19.3 Å². The van der Waals surface area contributed by atoms with Gasteiger partial charge in [0.1, 0.15) is 31.0 Å². The second kappa shape index (κ2) is 7.76. The van der Waals surface area contributed by atoms with Gasteiger partial charge >= 0.3 is 5.97 Å². The third-order valence-electron chi connectivity index (χ3n) is 3.08. The Bertz CT molecular complexity index is 283. The normalized spacial score (nSPS) is 35.1. The zero-order chi connectivity index (χ0) is 14.4. The number of carbonyl (C=O) groups excluding carboxylic acids is 1. The zero-order valence-electron chi connectivity index (χ0n) is 10.9. The molecule has 19 heavy (non-hydrogen) atoms. The van der Waals surface area contributed by atoms with Crippen molar-refractivity contribution >= 4 is 5.97 Å². The van der Waals surface area contributed by atoms with Crippen LogP contribution in [0.3, 0.4) is 0 Å². The van der Waals surface area contributed by atoms with E-state index in [2.05, 4.69) is 0 Å². The van der Waals surface area contributed by atoms with Crippen molar-refractivity contribution in [3.8, 4) is 0 Å². The number of rotatable bonds is 6. The summed E-state index contributed by atoms with van der Waals surface area (Å²) < 4.78 is 9.78. The summed E-state index contributed by atoms with van der Waals surface area (Å²) in [6.45, 7) is 1.75. The first-order valence-corrected chi connectivity index (χ1v) is 6.50. The van der Waals surface area contributed by atoms with Crippen LogP contribution >= 0.6 is 0 Å². The lowest BCUT2D eigenvalue weighted by Gasteiger charge is -2.37. The molecule has 1 saturated heterocycles. The Hall–Kier alpha value is -0.730. The molecule has 4 N–H and O–H groups in total. The Labute approximate surface area is 111 Å². The van der Waals surface area contributed by atoms with E-state index in [-0.39, 0.29) is 13.0 Å². The van der Waals surface area contributed by atoms with Crippen molar-refractivity contribution in [3.05, 3.63) is 0 Å². The summed E-state index contributed by atoms with van der Waals surface area (Å²) in [7, 11) is 0. The molecule has 1 heterocycles. The van der Waals surface area contributed by atoms with E-state index in [1.807, 2.05) is 6.92 Å². The van der Waals surface area contributed by atoms with Gasteiger partial charge in [-0.05, 0) is 6.42 Å². The van der Waals surface area contributed by atoms with E-state index in [9.17, 15) is 25.2 Å². The van der Waals surface area contributed by atoms with Crippen molar-refractivity contribution in [1.82, 2.24) is 0 Å². The van der Waals surface area contributed by atoms with Crippen LogP contribution in [0.4, 0.5) is 0 Å². The van der Waals surface area contributed by atoms with Crippen molar-refractivity contribution in [2.45, 2.75) is 63.3 Å². The highest BCUT2D eigenvalue weighted by atomic mass is 16.6. The van der Waals surface area contributed by atoms with Crippen LogP contribution < -0.4 is 0 Å². The molecule has 0 aromatic carbocycles. The van der Waals surface area contributed by atoms with Gasteiger partial charge in [0, 0.05) is 6.42 Å². The SMILES string of the molecule is CCCCCC(=O)OC[C@H]1O[C@@H](O)[C@H](O)[C@@H](O)[C@H]1O. The summed E-state index contributed by atoms with van der Waals surface area (Å²) in [6.07, 6.45) is -4.25. The predicted molar refractivity (Wildman–Crippen MR) is 64.0 cm³/mol. The number of hydrogen-bond donors (Lipinski definition) is 4. The number of aliphatic hydroxyl groups excluding tert-OH is 4. The van der Waals surface area contributed by atoms with Crippen molar-refractivity contribution in [2.75, 3.05) is 6.61 Å². The third kappa shape index (κ3) is 4.70. The topological polar surface area (TPSA) is 116 Å². The van der Waals surface area contributed by atoms with Gasteiger partial charge in [0.25, 0.3) is 0 Å². The maximum absolute atomic E-state index is 11.4. The third-order valence-corrected chi connectivity index (χ3v) is 3.08. The average Bonchev–Trinajstić information content (AvgIpc) is 2.39. The van der Waals surface area contributed by atoms with Gasteiger partial charge in [-0.3, -0.25) is 4.79 Å². The molecular formula is C12H22O7. The Morgan fingerprint density at radius 1 is 1.11 bits per heavy atom. The number of esters is 1. The second-order valence-corrected chi connectivity index (χ2v) is 4.68. The Morgan fingerprint density at radius 3 is 2.42 bits per heavy atom. The van der Waals surface area contributed by atoms with Gasteiger partial charge in [-0.25, -0.2) is 0 Å². The summed E-state index contributed by atoms with van der Waals surface area (Å²) in [5.41, 5.74) is 0. The van der Waals surface area contributed by atoms with Crippen LogP contribution in [0.15, 0.2) is 0 Å². The molecule has 7 heteroatoms. The molecular weight excluding hydrogens is 256 g/mol. The standard InChI is InChI=1S/C12H22O7/c1-2-3-4-5-8(13)18-6-7-9(14)10(15)11(16)12(17)19-7/h7,9-12,14-17H,2-6H2,1H3/t7-,9+,10+,11-,12-/m1/s1. The van der Waals surface area contributed by atoms with Crippen LogP contribution in [-0.2, 0) is 14.3 Å². The molecule has 1 aliphatic rings. The van der Waals surface area contributed by atoms with Crippen LogP contribution in [0.25, 0.3) is 0 Å². The number of carbonyl (C=O) groups is 1. The molecule has 0 aromatic rings. The predicted octanol–water partition coefficient (Wildman–Crippen LogP) is -1.09. The molecule has 1 fully saturated rings. The number of ether oxygens (including phenoxy) is 2. The smallest absolute Gasteiger partial charge is 0.305 e. The summed E-state index contributed by atoms with van der Waals surface area (Å²) >= 11 is 0. The van der Waals surface area contributed by atoms with Crippen LogP contribution in [0.5, 0.6) is 0 Å². The minimum absolute atomic E-state index is 0.271. The largest absolute Gasteiger partial charge is 0.463 e. The van der Waals surface area contributed by atoms with E-state index >= 15 is 0 Å². The minimum Gasteiger partial charge on any atom is -0.463 e. The molecule has 0 aromatic heterocycles. The molecule has 0 unspecified atom stereocenters. The summed E-state index contributed by atoms with van der Waals surface area (Å²) in [5.74, 6) is -0.417. The molecule has 0 aliphatic carbocycles. The van der Waals surface area contributed by atoms with Gasteiger partial charge in [-0.2, -0.15) is 0 Å². The van der Waals surface area contributed by atoms with Crippen LogP contribution in [-0.4, -0.2) is 63.7 Å². The first-order valence-electron chi connectivity index (χ1n) is 6.50. The Morgan fingerprint density at radius 2 is 1.79 bits per heavy atom. The summed E-state index contributed by atoms with van der Waals surface area (Å²) in [4.78, 5) is 11.4. The Balaban J connectivity index is 2.34. The molecule has 7 nitrogen and oxygen atoms in total.